The van der Waals surface area contributed by atoms with Crippen LogP contribution in [0.3, 0.4) is 0 Å². The number of imidazole rings is 1. The van der Waals surface area contributed by atoms with Crippen molar-refractivity contribution in [2.45, 2.75) is 25.3 Å². The van der Waals surface area contributed by atoms with Gasteiger partial charge in [0.2, 0.25) is 0 Å². The van der Waals surface area contributed by atoms with Crippen LogP contribution in [0.15, 0.2) is 4.79 Å². The topological polar surface area (TPSA) is 89.8 Å². The predicted octanol–water partition coefficient (Wildman–Crippen LogP) is -1.29. The monoisotopic (exact) mass is 168 g/mol. The largest absolute Gasteiger partial charge is 0.344 e. The number of nitrogen functional groups attached to an aromatic ring is 1. The Morgan fingerprint density at radius 3 is 3.08 bits per heavy atom. The van der Waals surface area contributed by atoms with Crippen molar-refractivity contribution in [1.82, 2.24) is 9.66 Å². The molecule has 0 saturated heterocycles. The molecule has 0 amide bonds. The van der Waals surface area contributed by atoms with E-state index in [1.54, 1.807) is 0 Å². The van der Waals surface area contributed by atoms with Crippen molar-refractivity contribution >= 4 is 0 Å². The van der Waals surface area contributed by atoms with Crippen LogP contribution < -0.4 is 17.3 Å². The Hall–Kier alpha value is -1.23. The van der Waals surface area contributed by atoms with Crippen molar-refractivity contribution in [2.24, 2.45) is 5.73 Å². The summed E-state index contributed by atoms with van der Waals surface area (Å²) in [6.45, 7) is 0. The lowest BCUT2D eigenvalue weighted by atomic mass is 9.97. The summed E-state index contributed by atoms with van der Waals surface area (Å²) in [6.07, 6.45) is 2.43. The first-order chi connectivity index (χ1) is 5.68. The van der Waals surface area contributed by atoms with Gasteiger partial charge < -0.3 is 16.6 Å². The maximum absolute atomic E-state index is 11.1. The number of H-pyrrole nitrogens is 1. The van der Waals surface area contributed by atoms with Crippen LogP contribution in [0.4, 0.5) is 0 Å². The summed E-state index contributed by atoms with van der Waals surface area (Å²) in [7, 11) is 0. The summed E-state index contributed by atoms with van der Waals surface area (Å²) in [5.41, 5.74) is 7.30. The number of hydrogen-bond donors (Lipinski definition) is 3. The van der Waals surface area contributed by atoms with Crippen LogP contribution in [0.25, 0.3) is 0 Å². The maximum atomic E-state index is 11.1. The second kappa shape index (κ2) is 2.38. The van der Waals surface area contributed by atoms with Gasteiger partial charge in [-0.3, -0.25) is 0 Å². The third kappa shape index (κ3) is 0.937. The van der Waals surface area contributed by atoms with E-state index in [1.807, 2.05) is 0 Å². The first kappa shape index (κ1) is 7.42. The van der Waals surface area contributed by atoms with E-state index in [-0.39, 0.29) is 11.7 Å². The second-order valence-corrected chi connectivity index (χ2v) is 3.23. The van der Waals surface area contributed by atoms with E-state index in [9.17, 15) is 4.79 Å². The average molecular weight is 168 g/mol. The van der Waals surface area contributed by atoms with Crippen LogP contribution >= 0.6 is 0 Å². The molecule has 1 aliphatic rings. The third-order valence-corrected chi connectivity index (χ3v) is 2.33. The van der Waals surface area contributed by atoms with E-state index >= 15 is 0 Å². The Labute approximate surface area is 69.3 Å². The molecule has 5 nitrogen and oxygen atoms in total. The molecule has 1 unspecified atom stereocenters. The summed E-state index contributed by atoms with van der Waals surface area (Å²) in [6, 6.07) is 0.163. The number of nitrogens with zero attached hydrogens (tertiary/aromatic N) is 1. The molecule has 5 heteroatoms. The van der Waals surface area contributed by atoms with E-state index in [0.717, 1.165) is 30.7 Å². The SMILES string of the molecule is NC1CCc2c([nH]c(=O)n2N)C1. The summed E-state index contributed by atoms with van der Waals surface area (Å²) < 4.78 is 1.18. The Bertz CT molecular complexity index is 351. The molecule has 66 valence electrons. The molecule has 1 atom stereocenters. The normalized spacial score (nSPS) is 22.2. The molecule has 0 aliphatic heterocycles. The number of aromatic amines is 1. The lowest BCUT2D eigenvalue weighted by Crippen LogP contribution is -2.30. The molecule has 0 radical (unpaired) electrons. The maximum Gasteiger partial charge on any atom is 0.344 e. The Morgan fingerprint density at radius 1 is 1.58 bits per heavy atom. The fourth-order valence-electron chi connectivity index (χ4n) is 1.66. The van der Waals surface area contributed by atoms with Gasteiger partial charge >= 0.3 is 5.69 Å². The molecule has 0 aromatic carbocycles. The molecule has 5 N–H and O–H groups in total. The highest BCUT2D eigenvalue weighted by Gasteiger charge is 2.20. The van der Waals surface area contributed by atoms with Gasteiger partial charge in [0.15, 0.2) is 0 Å². The minimum atomic E-state index is -0.242. The van der Waals surface area contributed by atoms with Gasteiger partial charge in [0, 0.05) is 18.2 Å². The second-order valence-electron chi connectivity index (χ2n) is 3.23. The van der Waals surface area contributed by atoms with Crippen molar-refractivity contribution in [1.29, 1.82) is 0 Å². The van der Waals surface area contributed by atoms with Crippen LogP contribution in [0.2, 0.25) is 0 Å². The molecule has 0 spiro atoms. The number of nitrogens with two attached hydrogens (primary N) is 2. The highest BCUT2D eigenvalue weighted by molar-refractivity contribution is 5.18. The standard InChI is InChI=1S/C7H12N4O/c8-4-1-2-6-5(3-4)10-7(12)11(6)9/h4H,1-3,8-9H2,(H,10,12). The molecule has 12 heavy (non-hydrogen) atoms. The Kier molecular flexibility index (Phi) is 1.47. The molecule has 1 aliphatic carbocycles. The van der Waals surface area contributed by atoms with E-state index in [0.29, 0.717) is 0 Å². The quantitative estimate of drug-likeness (QED) is 0.421. The fourth-order valence-corrected chi connectivity index (χ4v) is 1.66. The zero-order valence-electron chi connectivity index (χ0n) is 6.71. The van der Waals surface area contributed by atoms with Crippen LogP contribution in [0.5, 0.6) is 0 Å². The summed E-state index contributed by atoms with van der Waals surface area (Å²) >= 11 is 0. The van der Waals surface area contributed by atoms with Gasteiger partial charge in [-0.15, -0.1) is 0 Å². The lowest BCUT2D eigenvalue weighted by molar-refractivity contribution is 0.557. The minimum Gasteiger partial charge on any atom is -0.335 e. The molecule has 0 fully saturated rings. The highest BCUT2D eigenvalue weighted by Crippen LogP contribution is 2.15. The van der Waals surface area contributed by atoms with Gasteiger partial charge in [-0.1, -0.05) is 0 Å². The van der Waals surface area contributed by atoms with Gasteiger partial charge in [0.1, 0.15) is 0 Å². The molecule has 1 heterocycles. The first-order valence-corrected chi connectivity index (χ1v) is 4.02. The van der Waals surface area contributed by atoms with E-state index in [2.05, 4.69) is 4.98 Å². The van der Waals surface area contributed by atoms with Crippen molar-refractivity contribution in [3.8, 4) is 0 Å². The van der Waals surface area contributed by atoms with Crippen LogP contribution in [-0.2, 0) is 12.8 Å². The summed E-state index contributed by atoms with van der Waals surface area (Å²) in [4.78, 5) is 13.8. The van der Waals surface area contributed by atoms with Crippen LogP contribution in [0.1, 0.15) is 17.8 Å². The minimum absolute atomic E-state index is 0.163. The van der Waals surface area contributed by atoms with Gasteiger partial charge in [0.05, 0.1) is 5.69 Å². The van der Waals surface area contributed by atoms with Crippen molar-refractivity contribution in [3.63, 3.8) is 0 Å². The first-order valence-electron chi connectivity index (χ1n) is 4.02. The molecular weight excluding hydrogens is 156 g/mol. The number of rotatable bonds is 0. The zero-order chi connectivity index (χ0) is 8.72. The van der Waals surface area contributed by atoms with Gasteiger partial charge in [-0.25, -0.2) is 9.47 Å². The smallest absolute Gasteiger partial charge is 0.335 e. The molecule has 2 rings (SSSR count). The van der Waals surface area contributed by atoms with Gasteiger partial charge in [-0.05, 0) is 12.8 Å². The summed E-state index contributed by atoms with van der Waals surface area (Å²) in [5, 5.41) is 0. The number of hydrogen-bond acceptors (Lipinski definition) is 3. The number of fused-ring (bicyclic) bond motifs is 1. The molecule has 1 aromatic rings. The predicted molar refractivity (Wildman–Crippen MR) is 45.2 cm³/mol. The van der Waals surface area contributed by atoms with Crippen molar-refractivity contribution in [2.75, 3.05) is 5.84 Å². The fraction of sp³-hybridized carbons (Fsp3) is 0.571. The van der Waals surface area contributed by atoms with Gasteiger partial charge in [-0.2, -0.15) is 0 Å². The number of nitrogens with one attached hydrogen (secondary N) is 1. The molecule has 1 aromatic heterocycles. The average Bonchev–Trinajstić information content (AvgIpc) is 2.28. The van der Waals surface area contributed by atoms with Crippen molar-refractivity contribution < 1.29 is 0 Å². The van der Waals surface area contributed by atoms with E-state index in [1.165, 1.54) is 4.68 Å². The zero-order valence-corrected chi connectivity index (χ0v) is 6.71. The highest BCUT2D eigenvalue weighted by atomic mass is 16.1. The third-order valence-electron chi connectivity index (χ3n) is 2.33. The Balaban J connectivity index is 2.50. The molecular formula is C7H12N4O. The Morgan fingerprint density at radius 2 is 2.33 bits per heavy atom. The van der Waals surface area contributed by atoms with E-state index in [4.69, 9.17) is 11.6 Å². The van der Waals surface area contributed by atoms with Crippen molar-refractivity contribution in [3.05, 3.63) is 21.9 Å². The van der Waals surface area contributed by atoms with Crippen LogP contribution in [-0.4, -0.2) is 15.7 Å². The van der Waals surface area contributed by atoms with E-state index < -0.39 is 0 Å². The molecule has 0 saturated carbocycles. The molecule has 0 bridgehead atoms. The number of aromatic nitrogens is 2. The van der Waals surface area contributed by atoms with Crippen LogP contribution in [0, 0.1) is 0 Å². The van der Waals surface area contributed by atoms with Gasteiger partial charge in [0.25, 0.3) is 0 Å². The summed E-state index contributed by atoms with van der Waals surface area (Å²) in [5.74, 6) is 5.50. The lowest BCUT2D eigenvalue weighted by Gasteiger charge is -2.17.